The van der Waals surface area contributed by atoms with Crippen LogP contribution in [0.4, 0.5) is 5.69 Å². The highest BCUT2D eigenvalue weighted by atomic mass is 16.5. The van der Waals surface area contributed by atoms with Crippen LogP contribution < -0.4 is 4.90 Å². The minimum absolute atomic E-state index is 0.0575. The molecule has 0 saturated carbocycles. The third kappa shape index (κ3) is 5.73. The van der Waals surface area contributed by atoms with E-state index in [4.69, 9.17) is 4.74 Å². The standard InChI is InChI=1S/C28H29NO3/c1-4-23(28(31)32-5-2)19-22-15-17-26(18-16-22)29(20-25-14-10-9-11-21(25)3)27(30)24-12-7-6-8-13-24/h6-19H,4-5,20H2,1-3H3/b23-19+. The maximum absolute atomic E-state index is 13.4. The van der Waals surface area contributed by atoms with Crippen molar-refractivity contribution in [2.45, 2.75) is 33.7 Å². The number of aryl methyl sites for hydroxylation is 1. The van der Waals surface area contributed by atoms with Crippen molar-refractivity contribution in [3.05, 3.63) is 107 Å². The summed E-state index contributed by atoms with van der Waals surface area (Å²) in [5.74, 6) is -0.350. The van der Waals surface area contributed by atoms with E-state index in [9.17, 15) is 9.59 Å². The number of amides is 1. The van der Waals surface area contributed by atoms with Crippen LogP contribution in [0.15, 0.2) is 84.4 Å². The van der Waals surface area contributed by atoms with Crippen molar-refractivity contribution in [1.82, 2.24) is 0 Å². The van der Waals surface area contributed by atoms with Gasteiger partial charge in [0.25, 0.3) is 5.91 Å². The molecular weight excluding hydrogens is 398 g/mol. The van der Waals surface area contributed by atoms with Crippen LogP contribution >= 0.6 is 0 Å². The van der Waals surface area contributed by atoms with E-state index >= 15 is 0 Å². The number of benzene rings is 3. The van der Waals surface area contributed by atoms with Crippen molar-refractivity contribution in [2.24, 2.45) is 0 Å². The highest BCUT2D eigenvalue weighted by Gasteiger charge is 2.19. The van der Waals surface area contributed by atoms with Gasteiger partial charge in [-0.2, -0.15) is 0 Å². The molecule has 0 saturated heterocycles. The number of carbonyl (C=O) groups is 2. The Morgan fingerprint density at radius 1 is 0.875 bits per heavy atom. The van der Waals surface area contributed by atoms with Gasteiger partial charge in [-0.15, -0.1) is 0 Å². The molecule has 3 rings (SSSR count). The molecule has 3 aromatic carbocycles. The molecule has 0 aromatic heterocycles. The molecule has 3 aromatic rings. The highest BCUT2D eigenvalue weighted by molar-refractivity contribution is 6.06. The second-order valence-electron chi connectivity index (χ2n) is 7.52. The molecule has 0 bridgehead atoms. The molecule has 0 heterocycles. The van der Waals surface area contributed by atoms with Crippen LogP contribution in [0, 0.1) is 6.92 Å². The molecule has 164 valence electrons. The highest BCUT2D eigenvalue weighted by Crippen LogP contribution is 2.23. The van der Waals surface area contributed by atoms with Gasteiger partial charge in [0.1, 0.15) is 0 Å². The molecule has 0 spiro atoms. The van der Waals surface area contributed by atoms with E-state index in [-0.39, 0.29) is 11.9 Å². The van der Waals surface area contributed by atoms with Crippen molar-refractivity contribution >= 4 is 23.6 Å². The Kier molecular flexibility index (Phi) is 7.98. The number of hydrogen-bond donors (Lipinski definition) is 0. The molecule has 0 aliphatic carbocycles. The number of nitrogens with zero attached hydrogens (tertiary/aromatic N) is 1. The Morgan fingerprint density at radius 2 is 1.53 bits per heavy atom. The van der Waals surface area contributed by atoms with Gasteiger partial charge in [0.15, 0.2) is 0 Å². The fraction of sp³-hybridized carbons (Fsp3) is 0.214. The Balaban J connectivity index is 1.93. The lowest BCUT2D eigenvalue weighted by Gasteiger charge is -2.24. The maximum atomic E-state index is 13.4. The van der Waals surface area contributed by atoms with E-state index in [2.05, 4.69) is 13.0 Å². The van der Waals surface area contributed by atoms with E-state index in [1.807, 2.05) is 85.8 Å². The van der Waals surface area contributed by atoms with E-state index in [1.165, 1.54) is 0 Å². The number of ether oxygens (including phenoxy) is 1. The van der Waals surface area contributed by atoms with E-state index < -0.39 is 0 Å². The van der Waals surface area contributed by atoms with Gasteiger partial charge in [0.05, 0.1) is 13.2 Å². The summed E-state index contributed by atoms with van der Waals surface area (Å²) in [6.45, 7) is 6.60. The number of rotatable bonds is 8. The molecule has 1 amide bonds. The van der Waals surface area contributed by atoms with Crippen LogP contribution in [0.1, 0.15) is 47.3 Å². The lowest BCUT2D eigenvalue weighted by molar-refractivity contribution is -0.138. The van der Waals surface area contributed by atoms with Gasteiger partial charge in [-0.3, -0.25) is 4.79 Å². The fourth-order valence-corrected chi connectivity index (χ4v) is 3.46. The normalized spacial score (nSPS) is 11.2. The monoisotopic (exact) mass is 427 g/mol. The first kappa shape index (κ1) is 23.0. The summed E-state index contributed by atoms with van der Waals surface area (Å²) >= 11 is 0. The first-order valence-electron chi connectivity index (χ1n) is 10.9. The fourth-order valence-electron chi connectivity index (χ4n) is 3.46. The number of anilines is 1. The van der Waals surface area contributed by atoms with Crippen molar-refractivity contribution in [3.63, 3.8) is 0 Å². The van der Waals surface area contributed by atoms with Gasteiger partial charge in [-0.05, 0) is 67.3 Å². The molecule has 0 aliphatic rings. The summed E-state index contributed by atoms with van der Waals surface area (Å²) in [7, 11) is 0. The zero-order chi connectivity index (χ0) is 22.9. The zero-order valence-electron chi connectivity index (χ0n) is 18.9. The molecule has 4 heteroatoms. The SMILES string of the molecule is CCOC(=O)/C(=C/c1ccc(N(Cc2ccccc2C)C(=O)c2ccccc2)cc1)CC. The molecule has 0 N–H and O–H groups in total. The first-order valence-corrected chi connectivity index (χ1v) is 10.9. The Bertz CT molecular complexity index is 1090. The molecule has 32 heavy (non-hydrogen) atoms. The summed E-state index contributed by atoms with van der Waals surface area (Å²) in [5.41, 5.74) is 5.18. The molecule has 4 nitrogen and oxygen atoms in total. The lowest BCUT2D eigenvalue weighted by atomic mass is 10.1. The van der Waals surface area contributed by atoms with Gasteiger partial charge in [0.2, 0.25) is 0 Å². The van der Waals surface area contributed by atoms with Gasteiger partial charge < -0.3 is 9.64 Å². The van der Waals surface area contributed by atoms with Crippen molar-refractivity contribution in [2.75, 3.05) is 11.5 Å². The second kappa shape index (κ2) is 11.1. The van der Waals surface area contributed by atoms with Crippen molar-refractivity contribution in [1.29, 1.82) is 0 Å². The zero-order valence-corrected chi connectivity index (χ0v) is 18.9. The third-order valence-electron chi connectivity index (χ3n) is 5.32. The van der Waals surface area contributed by atoms with Crippen LogP contribution in [0.5, 0.6) is 0 Å². The number of esters is 1. The summed E-state index contributed by atoms with van der Waals surface area (Å²) in [5, 5.41) is 0. The molecular formula is C28H29NO3. The topological polar surface area (TPSA) is 46.6 Å². The molecule has 0 radical (unpaired) electrons. The Morgan fingerprint density at radius 3 is 2.16 bits per heavy atom. The van der Waals surface area contributed by atoms with Gasteiger partial charge in [-0.1, -0.05) is 61.5 Å². The van der Waals surface area contributed by atoms with E-state index in [1.54, 1.807) is 11.8 Å². The molecule has 0 aliphatic heterocycles. The van der Waals surface area contributed by atoms with Crippen LogP contribution in [0.3, 0.4) is 0 Å². The number of hydrogen-bond acceptors (Lipinski definition) is 3. The van der Waals surface area contributed by atoms with Crippen LogP contribution in [-0.4, -0.2) is 18.5 Å². The average molecular weight is 428 g/mol. The van der Waals surface area contributed by atoms with Crippen LogP contribution in [0.2, 0.25) is 0 Å². The van der Waals surface area contributed by atoms with Crippen LogP contribution in [-0.2, 0) is 16.1 Å². The Hall–Kier alpha value is -3.66. The first-order chi connectivity index (χ1) is 15.5. The summed E-state index contributed by atoms with van der Waals surface area (Å²) in [6, 6.07) is 25.1. The molecule has 0 fully saturated rings. The smallest absolute Gasteiger partial charge is 0.333 e. The molecule has 0 unspecified atom stereocenters. The summed E-state index contributed by atoms with van der Waals surface area (Å²) in [4.78, 5) is 27.3. The van der Waals surface area contributed by atoms with Crippen molar-refractivity contribution in [3.8, 4) is 0 Å². The molecule has 0 atom stereocenters. The summed E-state index contributed by atoms with van der Waals surface area (Å²) in [6.07, 6.45) is 2.43. The van der Waals surface area contributed by atoms with Gasteiger partial charge >= 0.3 is 5.97 Å². The third-order valence-corrected chi connectivity index (χ3v) is 5.32. The minimum Gasteiger partial charge on any atom is -0.463 e. The maximum Gasteiger partial charge on any atom is 0.333 e. The summed E-state index contributed by atoms with van der Waals surface area (Å²) < 4.78 is 5.13. The predicted molar refractivity (Wildman–Crippen MR) is 129 cm³/mol. The van der Waals surface area contributed by atoms with Crippen LogP contribution in [0.25, 0.3) is 6.08 Å². The second-order valence-corrected chi connectivity index (χ2v) is 7.52. The largest absolute Gasteiger partial charge is 0.463 e. The van der Waals surface area contributed by atoms with Gasteiger partial charge in [0, 0.05) is 16.8 Å². The van der Waals surface area contributed by atoms with Crippen molar-refractivity contribution < 1.29 is 14.3 Å². The predicted octanol–water partition coefficient (Wildman–Crippen LogP) is 6.20. The van der Waals surface area contributed by atoms with E-state index in [0.29, 0.717) is 30.7 Å². The van der Waals surface area contributed by atoms with E-state index in [0.717, 1.165) is 22.4 Å². The van der Waals surface area contributed by atoms with Gasteiger partial charge in [-0.25, -0.2) is 4.79 Å². The Labute approximate surface area is 190 Å². The average Bonchev–Trinajstić information content (AvgIpc) is 2.83. The quantitative estimate of drug-likeness (QED) is 0.318. The number of carbonyl (C=O) groups excluding carboxylic acids is 2. The lowest BCUT2D eigenvalue weighted by Crippen LogP contribution is -2.30. The minimum atomic E-state index is -0.292.